The molecular weight excluding hydrogens is 402 g/mol. The van der Waals surface area contributed by atoms with Crippen LogP contribution in [0.4, 0.5) is 0 Å². The van der Waals surface area contributed by atoms with Crippen LogP contribution in [0.5, 0.6) is 5.75 Å². The molecule has 0 bridgehead atoms. The molecule has 0 saturated carbocycles. The number of ether oxygens (including phenoxy) is 1. The third kappa shape index (κ3) is 4.39. The van der Waals surface area contributed by atoms with Gasteiger partial charge in [0, 0.05) is 42.3 Å². The van der Waals surface area contributed by atoms with Crippen LogP contribution in [0.15, 0.2) is 61.3 Å². The Morgan fingerprint density at radius 3 is 2.72 bits per heavy atom. The topological polar surface area (TPSA) is 93.1 Å². The molecule has 0 aliphatic carbocycles. The van der Waals surface area contributed by atoms with E-state index >= 15 is 0 Å². The van der Waals surface area contributed by atoms with Crippen LogP contribution in [0.1, 0.15) is 37.6 Å². The van der Waals surface area contributed by atoms with E-state index in [1.165, 1.54) is 6.21 Å². The Kier molecular flexibility index (Phi) is 6.30. The van der Waals surface area contributed by atoms with E-state index in [4.69, 9.17) is 15.1 Å². The summed E-state index contributed by atoms with van der Waals surface area (Å²) in [6, 6.07) is 10.1. The summed E-state index contributed by atoms with van der Waals surface area (Å²) in [7, 11) is 1.65. The van der Waals surface area contributed by atoms with Crippen molar-refractivity contribution in [2.24, 2.45) is 0 Å². The van der Waals surface area contributed by atoms with E-state index < -0.39 is 0 Å². The molecule has 8 heteroatoms. The number of fused-ring (bicyclic) bond motifs is 1. The number of hydrogen-bond donors (Lipinski definition) is 2. The standard InChI is InChI=1S/C24H27N7O/c1-4-17(2)30-15-20(14-28-30)24-23-9-10-27-31(23)16-22(29-24)19(11-25)13-26-12-18-5-7-21(32-3)8-6-18/h5-11,13-17,25-26H,4,12H2,1-3H3/b19-13+,25-11?. The van der Waals surface area contributed by atoms with Crippen molar-refractivity contribution in [1.82, 2.24) is 29.7 Å². The summed E-state index contributed by atoms with van der Waals surface area (Å²) in [5.74, 6) is 0.824. The highest BCUT2D eigenvalue weighted by Gasteiger charge is 2.14. The third-order valence-electron chi connectivity index (χ3n) is 5.48. The second-order valence-electron chi connectivity index (χ2n) is 7.58. The van der Waals surface area contributed by atoms with Gasteiger partial charge in [-0.05, 0) is 37.1 Å². The zero-order valence-electron chi connectivity index (χ0n) is 18.5. The van der Waals surface area contributed by atoms with Gasteiger partial charge in [-0.1, -0.05) is 19.1 Å². The molecule has 1 atom stereocenters. The molecular formula is C24H27N7O. The first-order valence-electron chi connectivity index (χ1n) is 10.6. The van der Waals surface area contributed by atoms with Crippen molar-refractivity contribution in [2.45, 2.75) is 32.9 Å². The summed E-state index contributed by atoms with van der Waals surface area (Å²) in [6.07, 6.45) is 11.5. The van der Waals surface area contributed by atoms with E-state index in [1.807, 2.05) is 53.6 Å². The van der Waals surface area contributed by atoms with Crippen LogP contribution >= 0.6 is 0 Å². The first kappa shape index (κ1) is 21.3. The molecule has 0 aliphatic heterocycles. The molecule has 1 aromatic carbocycles. The second kappa shape index (κ2) is 9.47. The number of allylic oxidation sites excluding steroid dienone is 1. The summed E-state index contributed by atoms with van der Waals surface area (Å²) in [4.78, 5) is 4.87. The average Bonchev–Trinajstić information content (AvgIpc) is 3.51. The van der Waals surface area contributed by atoms with Gasteiger partial charge in [0.25, 0.3) is 0 Å². The smallest absolute Gasteiger partial charge is 0.118 e. The van der Waals surface area contributed by atoms with Gasteiger partial charge in [-0.2, -0.15) is 10.2 Å². The normalized spacial score (nSPS) is 12.7. The highest BCUT2D eigenvalue weighted by molar-refractivity contribution is 6.07. The van der Waals surface area contributed by atoms with Crippen molar-refractivity contribution in [3.8, 4) is 17.0 Å². The lowest BCUT2D eigenvalue weighted by Gasteiger charge is -2.09. The van der Waals surface area contributed by atoms with Gasteiger partial charge in [0.15, 0.2) is 0 Å². The van der Waals surface area contributed by atoms with Gasteiger partial charge in [0.2, 0.25) is 0 Å². The fourth-order valence-corrected chi connectivity index (χ4v) is 3.38. The molecule has 0 amide bonds. The maximum absolute atomic E-state index is 7.93. The molecule has 0 radical (unpaired) electrons. The van der Waals surface area contributed by atoms with Gasteiger partial charge < -0.3 is 15.5 Å². The number of rotatable bonds is 9. The number of nitrogens with one attached hydrogen (secondary N) is 2. The summed E-state index contributed by atoms with van der Waals surface area (Å²) in [5.41, 5.74) is 5.04. The molecule has 1 unspecified atom stereocenters. The fourth-order valence-electron chi connectivity index (χ4n) is 3.38. The molecule has 3 aromatic heterocycles. The van der Waals surface area contributed by atoms with Gasteiger partial charge in [-0.3, -0.25) is 4.68 Å². The SMILES string of the molecule is CCC(C)n1cc(-c2nc(/C(C=N)=C/NCc3ccc(OC)cc3)cn3nccc23)cn1. The average molecular weight is 430 g/mol. The minimum Gasteiger partial charge on any atom is -0.497 e. The van der Waals surface area contributed by atoms with Crippen LogP contribution in [0.2, 0.25) is 0 Å². The molecule has 2 N–H and O–H groups in total. The van der Waals surface area contributed by atoms with Crippen molar-refractivity contribution in [3.05, 3.63) is 72.6 Å². The fraction of sp³-hybridized carbons (Fsp3) is 0.250. The predicted octanol–water partition coefficient (Wildman–Crippen LogP) is 4.35. The minimum absolute atomic E-state index is 0.312. The number of benzene rings is 1. The molecule has 3 heterocycles. The maximum Gasteiger partial charge on any atom is 0.118 e. The van der Waals surface area contributed by atoms with Crippen LogP contribution in [0, 0.1) is 5.41 Å². The largest absolute Gasteiger partial charge is 0.497 e. The van der Waals surface area contributed by atoms with Crippen LogP contribution in [-0.2, 0) is 6.54 Å². The zero-order valence-corrected chi connectivity index (χ0v) is 18.5. The van der Waals surface area contributed by atoms with Crippen molar-refractivity contribution in [3.63, 3.8) is 0 Å². The quantitative estimate of drug-likeness (QED) is 0.386. The van der Waals surface area contributed by atoms with Gasteiger partial charge in [0.05, 0.1) is 42.6 Å². The van der Waals surface area contributed by atoms with E-state index in [-0.39, 0.29) is 0 Å². The van der Waals surface area contributed by atoms with E-state index in [1.54, 1.807) is 24.0 Å². The Hall–Kier alpha value is -3.94. The van der Waals surface area contributed by atoms with Gasteiger partial charge in [-0.15, -0.1) is 0 Å². The lowest BCUT2D eigenvalue weighted by atomic mass is 10.1. The van der Waals surface area contributed by atoms with Crippen LogP contribution < -0.4 is 10.1 Å². The van der Waals surface area contributed by atoms with E-state index in [9.17, 15) is 0 Å². The highest BCUT2D eigenvalue weighted by atomic mass is 16.5. The molecule has 8 nitrogen and oxygen atoms in total. The predicted molar refractivity (Wildman–Crippen MR) is 126 cm³/mol. The lowest BCUT2D eigenvalue weighted by molar-refractivity contribution is 0.414. The Morgan fingerprint density at radius 2 is 2.00 bits per heavy atom. The van der Waals surface area contributed by atoms with Crippen molar-refractivity contribution in [1.29, 1.82) is 5.41 Å². The summed E-state index contributed by atoms with van der Waals surface area (Å²) < 4.78 is 8.95. The van der Waals surface area contributed by atoms with Crippen molar-refractivity contribution >= 4 is 17.3 Å². The molecule has 4 rings (SSSR count). The Morgan fingerprint density at radius 1 is 1.19 bits per heavy atom. The van der Waals surface area contributed by atoms with Crippen LogP contribution in [-0.4, -0.2) is 37.7 Å². The molecule has 32 heavy (non-hydrogen) atoms. The summed E-state index contributed by atoms with van der Waals surface area (Å²) in [6.45, 7) is 4.90. The summed E-state index contributed by atoms with van der Waals surface area (Å²) >= 11 is 0. The van der Waals surface area contributed by atoms with Crippen LogP contribution in [0.25, 0.3) is 22.3 Å². The first-order chi connectivity index (χ1) is 15.6. The Labute approximate surface area is 187 Å². The highest BCUT2D eigenvalue weighted by Crippen LogP contribution is 2.25. The summed E-state index contributed by atoms with van der Waals surface area (Å²) in [5, 5.41) is 20.1. The van der Waals surface area contributed by atoms with Gasteiger partial charge in [0.1, 0.15) is 5.75 Å². The van der Waals surface area contributed by atoms with Gasteiger partial charge in [-0.25, -0.2) is 9.50 Å². The number of methoxy groups -OCH3 is 1. The number of aromatic nitrogens is 5. The molecule has 4 aromatic rings. The first-order valence-corrected chi connectivity index (χ1v) is 10.6. The monoisotopic (exact) mass is 429 g/mol. The minimum atomic E-state index is 0.312. The van der Waals surface area contributed by atoms with E-state index in [0.29, 0.717) is 23.9 Å². The number of nitrogens with zero attached hydrogens (tertiary/aromatic N) is 5. The molecule has 0 aliphatic rings. The Bertz CT molecular complexity index is 1240. The molecule has 164 valence electrons. The lowest BCUT2D eigenvalue weighted by Crippen LogP contribution is -2.08. The second-order valence-corrected chi connectivity index (χ2v) is 7.58. The van der Waals surface area contributed by atoms with E-state index in [2.05, 4.69) is 29.4 Å². The Balaban J connectivity index is 1.62. The molecule has 0 fully saturated rings. The van der Waals surface area contributed by atoms with Crippen molar-refractivity contribution in [2.75, 3.05) is 7.11 Å². The van der Waals surface area contributed by atoms with Gasteiger partial charge >= 0.3 is 0 Å². The van der Waals surface area contributed by atoms with Crippen molar-refractivity contribution < 1.29 is 4.74 Å². The van der Waals surface area contributed by atoms with Crippen LogP contribution in [0.3, 0.4) is 0 Å². The molecule has 0 saturated heterocycles. The molecule has 0 spiro atoms. The number of hydrogen-bond acceptors (Lipinski definition) is 6. The third-order valence-corrected chi connectivity index (χ3v) is 5.48. The maximum atomic E-state index is 7.93. The van der Waals surface area contributed by atoms with E-state index in [0.717, 1.165) is 34.5 Å². The zero-order chi connectivity index (χ0) is 22.5.